The molecule has 8 rings (SSSR count). The molecule has 0 fully saturated rings. The summed E-state index contributed by atoms with van der Waals surface area (Å²) in [5.74, 6) is 1.00. The average molecular weight is 828 g/mol. The van der Waals surface area contributed by atoms with Crippen molar-refractivity contribution in [3.63, 3.8) is 0 Å². The van der Waals surface area contributed by atoms with Crippen molar-refractivity contribution in [3.8, 4) is 23.0 Å². The maximum absolute atomic E-state index is 12.8. The Bertz CT molecular complexity index is 2780. The van der Waals surface area contributed by atoms with Crippen LogP contribution in [0.25, 0.3) is 22.1 Å². The van der Waals surface area contributed by atoms with E-state index in [-0.39, 0.29) is 12.4 Å². The molecule has 0 bridgehead atoms. The molecule has 2 heterocycles. The molecule has 304 valence electrons. The number of halogens is 1. The molecular formula is C44H38ClN7O8. The second kappa shape index (κ2) is 19.2. The summed E-state index contributed by atoms with van der Waals surface area (Å²) in [6, 6.07) is 38.0. The Morgan fingerprint density at radius 1 is 0.633 bits per heavy atom. The highest BCUT2D eigenvalue weighted by molar-refractivity contribution is 6.63. The van der Waals surface area contributed by atoms with E-state index in [1.54, 1.807) is 92.8 Å². The summed E-state index contributed by atoms with van der Waals surface area (Å²) in [5.41, 5.74) is 6.34. The van der Waals surface area contributed by atoms with Gasteiger partial charge in [-0.1, -0.05) is 70.3 Å². The normalized spacial score (nSPS) is 10.6. The topological polar surface area (TPSA) is 184 Å². The number of carbonyl (C=O) groups excluding carboxylic acids is 3. The fourth-order valence-corrected chi connectivity index (χ4v) is 5.40. The van der Waals surface area contributed by atoms with Crippen LogP contribution < -0.4 is 14.5 Å². The molecule has 0 radical (unpaired) electrons. The summed E-state index contributed by atoms with van der Waals surface area (Å²) in [7, 11) is 1.56. The van der Waals surface area contributed by atoms with Gasteiger partial charge in [0.15, 0.2) is 5.75 Å². The zero-order valence-electron chi connectivity index (χ0n) is 32.8. The number of esters is 1. The predicted octanol–water partition coefficient (Wildman–Crippen LogP) is 8.93. The Hall–Kier alpha value is -7.62. The lowest BCUT2D eigenvalue weighted by Gasteiger charge is -2.16. The van der Waals surface area contributed by atoms with Gasteiger partial charge in [0.05, 0.1) is 5.56 Å². The van der Waals surface area contributed by atoms with Gasteiger partial charge in [0.1, 0.15) is 45.9 Å². The van der Waals surface area contributed by atoms with Crippen LogP contribution in [0.5, 0.6) is 23.0 Å². The third-order valence-electron chi connectivity index (χ3n) is 8.70. The van der Waals surface area contributed by atoms with Crippen LogP contribution in [0.3, 0.4) is 0 Å². The summed E-state index contributed by atoms with van der Waals surface area (Å²) in [6.45, 7) is 5.85. The van der Waals surface area contributed by atoms with Gasteiger partial charge in [-0.25, -0.2) is 9.59 Å². The molecule has 15 nitrogen and oxygen atoms in total. The molecule has 1 amide bonds. The smallest absolute Gasteiger partial charge is 0.366 e. The van der Waals surface area contributed by atoms with Gasteiger partial charge < -0.3 is 19.8 Å². The number of carbonyl (C=O) groups is 3. The van der Waals surface area contributed by atoms with Crippen molar-refractivity contribution in [1.29, 1.82) is 0 Å². The molecule has 8 aromatic rings. The number of anilines is 1. The Morgan fingerprint density at radius 2 is 1.20 bits per heavy atom. The average Bonchev–Trinajstić information content (AvgIpc) is 3.89. The van der Waals surface area contributed by atoms with Gasteiger partial charge in [-0.05, 0) is 121 Å². The molecule has 0 aliphatic heterocycles. The van der Waals surface area contributed by atoms with Gasteiger partial charge in [0.25, 0.3) is 0 Å². The number of para-hydroxylation sites is 2. The minimum Gasteiger partial charge on any atom is -0.508 e. The number of benzene rings is 6. The molecule has 0 saturated carbocycles. The standard InChI is InChI=1S/C22H18N4O4.C14H10ClN3O3.C8H10O/c1-14-8-10-16(13-20(14)27)25(2)22(29)26-23-18-11-9-15(12-19(18)24-26)21(28)30-17-6-4-3-5-7-17;15-14(19)18-16-12-7-6-10(8-13(12)17-18)9-20-21-11-4-2-1-3-5-11;1-6-3-4-7(2)8(9)5-6/h3-13,27H,1-2H3;1-8H,9H2;3-5,9H,1-2H3. The van der Waals surface area contributed by atoms with Gasteiger partial charge in [0.2, 0.25) is 0 Å². The summed E-state index contributed by atoms with van der Waals surface area (Å²) < 4.78 is 5.33. The van der Waals surface area contributed by atoms with Crippen LogP contribution in [0, 0.1) is 20.8 Å². The summed E-state index contributed by atoms with van der Waals surface area (Å²) in [4.78, 5) is 49.6. The molecule has 60 heavy (non-hydrogen) atoms. The number of aromatic hydroxyl groups is 2. The van der Waals surface area contributed by atoms with Crippen LogP contribution in [-0.2, 0) is 11.5 Å². The van der Waals surface area contributed by atoms with E-state index in [9.17, 15) is 19.5 Å². The van der Waals surface area contributed by atoms with Crippen molar-refractivity contribution < 1.29 is 39.1 Å². The molecule has 2 N–H and O–H groups in total. The number of hydrogen-bond acceptors (Lipinski definition) is 12. The van der Waals surface area contributed by atoms with Gasteiger partial charge in [-0.2, -0.15) is 4.89 Å². The highest BCUT2D eigenvalue weighted by Gasteiger charge is 2.19. The Morgan fingerprint density at radius 3 is 1.83 bits per heavy atom. The monoisotopic (exact) mass is 827 g/mol. The molecule has 0 spiro atoms. The summed E-state index contributed by atoms with van der Waals surface area (Å²) in [6.07, 6.45) is 0. The number of phenolic OH excluding ortho intramolecular Hbond substituents is 2. The summed E-state index contributed by atoms with van der Waals surface area (Å²) in [5, 5.41) is 34.5. The number of aromatic nitrogens is 6. The van der Waals surface area contributed by atoms with E-state index in [1.165, 1.54) is 17.0 Å². The molecule has 6 aromatic carbocycles. The first-order chi connectivity index (χ1) is 28.8. The van der Waals surface area contributed by atoms with E-state index in [0.29, 0.717) is 56.1 Å². The second-order valence-corrected chi connectivity index (χ2v) is 13.5. The van der Waals surface area contributed by atoms with Crippen LogP contribution in [-0.4, -0.2) is 64.6 Å². The fraction of sp³-hybridized carbons (Fsp3) is 0.114. The van der Waals surface area contributed by atoms with Crippen LogP contribution >= 0.6 is 11.6 Å². The quantitative estimate of drug-likeness (QED) is 0.0512. The third-order valence-corrected chi connectivity index (χ3v) is 8.85. The number of phenols is 2. The number of hydrogen-bond donors (Lipinski definition) is 2. The van der Waals surface area contributed by atoms with E-state index in [2.05, 4.69) is 20.4 Å². The first-order valence-electron chi connectivity index (χ1n) is 18.2. The Labute approximate surface area is 348 Å². The van der Waals surface area contributed by atoms with Crippen molar-refractivity contribution >= 4 is 56.7 Å². The number of ether oxygens (including phenoxy) is 1. The first-order valence-corrected chi connectivity index (χ1v) is 18.6. The highest BCUT2D eigenvalue weighted by atomic mass is 35.5. The van der Waals surface area contributed by atoms with Crippen molar-refractivity contribution in [3.05, 3.63) is 161 Å². The zero-order valence-corrected chi connectivity index (χ0v) is 33.5. The number of amides is 1. The van der Waals surface area contributed by atoms with Crippen molar-refractivity contribution in [1.82, 2.24) is 30.0 Å². The number of nitrogens with zero attached hydrogens (tertiary/aromatic N) is 7. The van der Waals surface area contributed by atoms with Crippen LogP contribution in [0.2, 0.25) is 0 Å². The maximum Gasteiger partial charge on any atom is 0.366 e. The Kier molecular flexibility index (Phi) is 13.5. The highest BCUT2D eigenvalue weighted by Crippen LogP contribution is 2.24. The molecular weight excluding hydrogens is 790 g/mol. The third kappa shape index (κ3) is 10.9. The predicted molar refractivity (Wildman–Crippen MR) is 225 cm³/mol. The summed E-state index contributed by atoms with van der Waals surface area (Å²) >= 11 is 5.32. The second-order valence-electron chi connectivity index (χ2n) is 13.2. The van der Waals surface area contributed by atoms with E-state index >= 15 is 0 Å². The fourth-order valence-electron chi connectivity index (χ4n) is 5.32. The first kappa shape index (κ1) is 42.0. The number of aryl methyl sites for hydroxylation is 3. The van der Waals surface area contributed by atoms with E-state index in [4.69, 9.17) is 31.2 Å². The van der Waals surface area contributed by atoms with Gasteiger partial charge in [0, 0.05) is 18.8 Å². The van der Waals surface area contributed by atoms with Crippen LogP contribution in [0.1, 0.15) is 32.6 Å². The largest absolute Gasteiger partial charge is 0.508 e. The van der Waals surface area contributed by atoms with E-state index < -0.39 is 17.4 Å². The van der Waals surface area contributed by atoms with Crippen molar-refractivity contribution in [2.45, 2.75) is 27.4 Å². The molecule has 0 atom stereocenters. The molecule has 2 aromatic heterocycles. The SMILES string of the molecule is Cc1ccc(C)c(O)c1.Cc1ccc(N(C)C(=O)n2nc3ccc(C(=O)Oc4ccccc4)cc3n2)cc1O.O=C(Cl)n1nc2ccc(COOc3ccccc3)cc2n1. The lowest BCUT2D eigenvalue weighted by atomic mass is 10.1. The zero-order chi connectivity index (χ0) is 42.8. The lowest BCUT2D eigenvalue weighted by Crippen LogP contribution is -2.32. The van der Waals surface area contributed by atoms with Crippen molar-refractivity contribution in [2.24, 2.45) is 0 Å². The number of rotatable bonds is 7. The van der Waals surface area contributed by atoms with E-state index in [1.807, 2.05) is 56.3 Å². The molecule has 0 unspecified atom stereocenters. The van der Waals surface area contributed by atoms with Crippen LogP contribution in [0.4, 0.5) is 15.3 Å². The lowest BCUT2D eigenvalue weighted by molar-refractivity contribution is -0.217. The van der Waals surface area contributed by atoms with Crippen LogP contribution in [0.15, 0.2) is 133 Å². The molecule has 0 aliphatic carbocycles. The molecule has 0 saturated heterocycles. The van der Waals surface area contributed by atoms with Gasteiger partial charge in [-0.3, -0.25) is 9.69 Å². The maximum atomic E-state index is 12.8. The van der Waals surface area contributed by atoms with Crippen molar-refractivity contribution in [2.75, 3.05) is 11.9 Å². The minimum atomic E-state index is -0.753. The van der Waals surface area contributed by atoms with E-state index in [0.717, 1.165) is 26.3 Å². The van der Waals surface area contributed by atoms with Gasteiger partial charge in [-0.15, -0.1) is 20.4 Å². The minimum absolute atomic E-state index is 0.0901. The Balaban J connectivity index is 0.000000173. The van der Waals surface area contributed by atoms with Gasteiger partial charge >= 0.3 is 17.4 Å². The molecule has 0 aliphatic rings. The molecule has 16 heteroatoms. The number of fused-ring (bicyclic) bond motifs is 2.